The number of alkyl halides is 3. The predicted octanol–water partition coefficient (Wildman–Crippen LogP) is 4.58. The van der Waals surface area contributed by atoms with E-state index in [0.717, 1.165) is 16.4 Å². The fourth-order valence-electron chi connectivity index (χ4n) is 2.83. The molecule has 30 heavy (non-hydrogen) atoms. The number of carbonyl (C=O) groups excluding carboxylic acids is 1. The molecule has 2 heterocycles. The highest BCUT2D eigenvalue weighted by molar-refractivity contribution is 6.31. The van der Waals surface area contributed by atoms with Gasteiger partial charge in [0.1, 0.15) is 5.82 Å². The summed E-state index contributed by atoms with van der Waals surface area (Å²) in [5.74, 6) is -0.560. The smallest absolute Gasteiger partial charge is 0.309 e. The molecule has 11 heteroatoms. The Morgan fingerprint density at radius 3 is 2.43 bits per heavy atom. The van der Waals surface area contributed by atoms with Crippen molar-refractivity contribution in [3.05, 3.63) is 63.8 Å². The van der Waals surface area contributed by atoms with Gasteiger partial charge < -0.3 is 5.32 Å². The maximum atomic E-state index is 13.2. The molecule has 0 fully saturated rings. The number of rotatable bonds is 6. The minimum Gasteiger partial charge on any atom is -0.309 e. The van der Waals surface area contributed by atoms with Crippen molar-refractivity contribution in [3.8, 4) is 0 Å². The van der Waals surface area contributed by atoms with E-state index < -0.39 is 23.6 Å². The van der Waals surface area contributed by atoms with Crippen molar-refractivity contribution in [2.24, 2.45) is 0 Å². The van der Waals surface area contributed by atoms with Gasteiger partial charge in [0.2, 0.25) is 5.91 Å². The third-order valence-electron chi connectivity index (χ3n) is 4.41. The first kappa shape index (κ1) is 21.8. The maximum Gasteiger partial charge on any atom is 0.435 e. The summed E-state index contributed by atoms with van der Waals surface area (Å²) in [5.41, 5.74) is 0.723. The van der Waals surface area contributed by atoms with Gasteiger partial charge >= 0.3 is 6.18 Å². The van der Waals surface area contributed by atoms with Gasteiger partial charge in [-0.25, -0.2) is 4.39 Å². The number of nitrogens with one attached hydrogen (secondary N) is 1. The van der Waals surface area contributed by atoms with Gasteiger partial charge in [-0.15, -0.1) is 0 Å². The zero-order valence-corrected chi connectivity index (χ0v) is 16.9. The summed E-state index contributed by atoms with van der Waals surface area (Å²) in [7, 11) is 0. The standard InChI is InChI=1S/C19H18ClF4N5O/c1-11-7-16(19(22,23)24)26-28(11)6-5-18(30)25-17-8-12(2)29(27-17)10-13-3-4-14(21)9-15(13)20/h3-4,7-9H,5-6,10H2,1-2H3,(H,25,27,30). The first-order valence-corrected chi connectivity index (χ1v) is 9.30. The fourth-order valence-corrected chi connectivity index (χ4v) is 3.06. The average molecular weight is 444 g/mol. The van der Waals surface area contributed by atoms with Gasteiger partial charge in [0.15, 0.2) is 11.5 Å². The Kier molecular flexibility index (Phi) is 6.16. The zero-order chi connectivity index (χ0) is 22.1. The van der Waals surface area contributed by atoms with Crippen LogP contribution in [0.5, 0.6) is 0 Å². The molecule has 2 aromatic heterocycles. The summed E-state index contributed by atoms with van der Waals surface area (Å²) < 4.78 is 54.1. The number of anilines is 1. The monoisotopic (exact) mass is 443 g/mol. The lowest BCUT2D eigenvalue weighted by Crippen LogP contribution is -2.16. The van der Waals surface area contributed by atoms with Crippen LogP contribution in [0.4, 0.5) is 23.4 Å². The van der Waals surface area contributed by atoms with E-state index in [0.29, 0.717) is 17.1 Å². The summed E-state index contributed by atoms with van der Waals surface area (Å²) in [6.07, 6.45) is -4.61. The normalized spacial score (nSPS) is 11.7. The van der Waals surface area contributed by atoms with E-state index in [2.05, 4.69) is 15.5 Å². The SMILES string of the molecule is Cc1cc(NC(=O)CCn2nc(C(F)(F)F)cc2C)nn1Cc1ccc(F)cc1Cl. The molecule has 6 nitrogen and oxygen atoms in total. The molecular formula is C19H18ClF4N5O. The fraction of sp³-hybridized carbons (Fsp3) is 0.316. The molecule has 0 atom stereocenters. The van der Waals surface area contributed by atoms with Crippen LogP contribution in [-0.2, 0) is 24.1 Å². The first-order valence-electron chi connectivity index (χ1n) is 8.93. The molecule has 0 radical (unpaired) electrons. The third kappa shape index (κ3) is 5.18. The molecule has 0 bridgehead atoms. The van der Waals surface area contributed by atoms with Gasteiger partial charge in [-0.2, -0.15) is 23.4 Å². The zero-order valence-electron chi connectivity index (χ0n) is 16.1. The van der Waals surface area contributed by atoms with Crippen molar-refractivity contribution >= 4 is 23.3 Å². The molecule has 3 rings (SSSR count). The van der Waals surface area contributed by atoms with Gasteiger partial charge in [0.25, 0.3) is 0 Å². The number of benzene rings is 1. The second-order valence-electron chi connectivity index (χ2n) is 6.75. The average Bonchev–Trinajstić information content (AvgIpc) is 3.18. The van der Waals surface area contributed by atoms with Crippen LogP contribution in [-0.4, -0.2) is 25.5 Å². The van der Waals surface area contributed by atoms with E-state index >= 15 is 0 Å². The van der Waals surface area contributed by atoms with Crippen molar-refractivity contribution in [1.82, 2.24) is 19.6 Å². The van der Waals surface area contributed by atoms with Crippen molar-refractivity contribution < 1.29 is 22.4 Å². The molecular weight excluding hydrogens is 426 g/mol. The summed E-state index contributed by atoms with van der Waals surface area (Å²) in [4.78, 5) is 12.2. The minimum atomic E-state index is -4.53. The molecule has 1 N–H and O–H groups in total. The second kappa shape index (κ2) is 8.47. The van der Waals surface area contributed by atoms with E-state index in [4.69, 9.17) is 11.6 Å². The Morgan fingerprint density at radius 1 is 1.10 bits per heavy atom. The summed E-state index contributed by atoms with van der Waals surface area (Å²) >= 11 is 6.04. The van der Waals surface area contributed by atoms with Crippen LogP contribution < -0.4 is 5.32 Å². The first-order chi connectivity index (χ1) is 14.0. The Balaban J connectivity index is 1.61. The van der Waals surface area contributed by atoms with Gasteiger partial charge in [-0.3, -0.25) is 14.2 Å². The number of nitrogens with zero attached hydrogens (tertiary/aromatic N) is 4. The van der Waals surface area contributed by atoms with Crippen molar-refractivity contribution in [3.63, 3.8) is 0 Å². The van der Waals surface area contributed by atoms with Gasteiger partial charge in [0.05, 0.1) is 6.54 Å². The summed E-state index contributed by atoms with van der Waals surface area (Å²) in [5, 5.41) is 10.7. The van der Waals surface area contributed by atoms with E-state index in [1.54, 1.807) is 23.7 Å². The highest BCUT2D eigenvalue weighted by atomic mass is 35.5. The number of hydrogen-bond donors (Lipinski definition) is 1. The van der Waals surface area contributed by atoms with Crippen molar-refractivity contribution in [2.45, 2.75) is 39.5 Å². The number of carbonyl (C=O) groups is 1. The number of halogens is 5. The number of amides is 1. The van der Waals surface area contributed by atoms with Crippen LogP contribution in [0.15, 0.2) is 30.3 Å². The molecule has 0 spiro atoms. The lowest BCUT2D eigenvalue weighted by atomic mass is 10.2. The Hall–Kier alpha value is -2.88. The lowest BCUT2D eigenvalue weighted by Gasteiger charge is -2.07. The van der Waals surface area contributed by atoms with E-state index in [1.807, 2.05) is 0 Å². The highest BCUT2D eigenvalue weighted by Gasteiger charge is 2.34. The van der Waals surface area contributed by atoms with Crippen LogP contribution >= 0.6 is 11.6 Å². The van der Waals surface area contributed by atoms with Crippen molar-refractivity contribution in [1.29, 1.82) is 0 Å². The highest BCUT2D eigenvalue weighted by Crippen LogP contribution is 2.28. The molecule has 0 unspecified atom stereocenters. The third-order valence-corrected chi connectivity index (χ3v) is 4.76. The van der Waals surface area contributed by atoms with Crippen LogP contribution in [0.2, 0.25) is 5.02 Å². The van der Waals surface area contributed by atoms with Crippen LogP contribution in [0.25, 0.3) is 0 Å². The lowest BCUT2D eigenvalue weighted by molar-refractivity contribution is -0.141. The largest absolute Gasteiger partial charge is 0.435 e. The Labute approximate surface area is 174 Å². The van der Waals surface area contributed by atoms with Crippen molar-refractivity contribution in [2.75, 3.05) is 5.32 Å². The summed E-state index contributed by atoms with van der Waals surface area (Å²) in [6, 6.07) is 6.64. The maximum absolute atomic E-state index is 13.2. The minimum absolute atomic E-state index is 0.00136. The Bertz CT molecular complexity index is 1070. The van der Waals surface area contributed by atoms with E-state index in [9.17, 15) is 22.4 Å². The van der Waals surface area contributed by atoms with Crippen LogP contribution in [0.1, 0.15) is 29.1 Å². The van der Waals surface area contributed by atoms with Gasteiger partial charge in [-0.1, -0.05) is 17.7 Å². The van der Waals surface area contributed by atoms with Gasteiger partial charge in [-0.05, 0) is 37.6 Å². The van der Waals surface area contributed by atoms with Crippen LogP contribution in [0.3, 0.4) is 0 Å². The molecule has 0 aliphatic rings. The topological polar surface area (TPSA) is 64.7 Å². The molecule has 0 saturated heterocycles. The number of aromatic nitrogens is 4. The molecule has 0 aliphatic carbocycles. The Morgan fingerprint density at radius 2 is 1.80 bits per heavy atom. The molecule has 160 valence electrons. The van der Waals surface area contributed by atoms with Crippen LogP contribution in [0, 0.1) is 19.7 Å². The molecule has 1 aromatic carbocycles. The van der Waals surface area contributed by atoms with E-state index in [-0.39, 0.29) is 24.5 Å². The molecule has 3 aromatic rings. The molecule has 0 aliphatic heterocycles. The molecule has 0 saturated carbocycles. The predicted molar refractivity (Wildman–Crippen MR) is 103 cm³/mol. The van der Waals surface area contributed by atoms with Gasteiger partial charge in [0, 0.05) is 35.4 Å². The number of aryl methyl sites for hydroxylation is 3. The van der Waals surface area contributed by atoms with E-state index in [1.165, 1.54) is 19.1 Å². The second-order valence-corrected chi connectivity index (χ2v) is 7.16. The quantitative estimate of drug-likeness (QED) is 0.567. The molecule has 1 amide bonds. The number of hydrogen-bond acceptors (Lipinski definition) is 3. The summed E-state index contributed by atoms with van der Waals surface area (Å²) in [6.45, 7) is 3.56.